The van der Waals surface area contributed by atoms with Crippen LogP contribution in [0.2, 0.25) is 0 Å². The number of carbonyl (C=O) groups is 4. The van der Waals surface area contributed by atoms with Crippen molar-refractivity contribution in [1.82, 2.24) is 15.1 Å². The second kappa shape index (κ2) is 13.6. The molecule has 1 unspecified atom stereocenters. The first-order chi connectivity index (χ1) is 18.6. The van der Waals surface area contributed by atoms with Gasteiger partial charge in [-0.2, -0.15) is 13.2 Å². The third kappa shape index (κ3) is 8.43. The van der Waals surface area contributed by atoms with Crippen molar-refractivity contribution in [2.24, 2.45) is 10.9 Å². The second-order valence-electron chi connectivity index (χ2n) is 10.4. The summed E-state index contributed by atoms with van der Waals surface area (Å²) in [6, 6.07) is 5.69. The summed E-state index contributed by atoms with van der Waals surface area (Å²) in [6.45, 7) is 5.34. The number of carbonyl (C=O) groups excluding carboxylic acids is 3. The van der Waals surface area contributed by atoms with Gasteiger partial charge in [0.1, 0.15) is 17.6 Å². The molecule has 1 saturated heterocycles. The van der Waals surface area contributed by atoms with Crippen LogP contribution in [0, 0.1) is 5.92 Å². The van der Waals surface area contributed by atoms with Crippen LogP contribution in [0.4, 0.5) is 13.2 Å². The Labute approximate surface area is 231 Å². The molecule has 0 aromatic heterocycles. The maximum Gasteiger partial charge on any atom is 0.468 e. The van der Waals surface area contributed by atoms with E-state index >= 15 is 0 Å². The highest BCUT2D eigenvalue weighted by Gasteiger charge is 2.46. The zero-order chi connectivity index (χ0) is 30.3. The van der Waals surface area contributed by atoms with Gasteiger partial charge in [-0.1, -0.05) is 44.2 Å². The molecule has 1 aliphatic rings. The number of ether oxygens (including phenoxy) is 1. The van der Waals surface area contributed by atoms with Crippen LogP contribution in [-0.2, 0) is 30.3 Å². The fourth-order valence-electron chi connectivity index (χ4n) is 4.83. The summed E-state index contributed by atoms with van der Waals surface area (Å²) < 4.78 is 45.3. The van der Waals surface area contributed by atoms with Crippen LogP contribution in [0.15, 0.2) is 35.3 Å². The predicted molar refractivity (Wildman–Crippen MR) is 140 cm³/mol. The number of aliphatic carboxylic acids is 1. The zero-order valence-electron chi connectivity index (χ0n) is 23.3. The molecule has 1 fully saturated rings. The van der Waals surface area contributed by atoms with Crippen molar-refractivity contribution in [3.8, 4) is 0 Å². The maximum absolute atomic E-state index is 13.9. The number of alkyl halides is 3. The van der Waals surface area contributed by atoms with Gasteiger partial charge in [0, 0.05) is 26.6 Å². The lowest BCUT2D eigenvalue weighted by Crippen LogP contribution is -2.59. The van der Waals surface area contributed by atoms with Crippen LogP contribution in [0.1, 0.15) is 45.6 Å². The third-order valence-corrected chi connectivity index (χ3v) is 6.68. The van der Waals surface area contributed by atoms with Gasteiger partial charge in [-0.25, -0.2) is 4.99 Å². The van der Waals surface area contributed by atoms with Gasteiger partial charge in [0.15, 0.2) is 0 Å². The summed E-state index contributed by atoms with van der Waals surface area (Å²) in [5.74, 6) is -5.71. The molecule has 0 radical (unpaired) electrons. The number of rotatable bonds is 11. The van der Waals surface area contributed by atoms with Crippen molar-refractivity contribution in [2.75, 3.05) is 27.2 Å². The zero-order valence-corrected chi connectivity index (χ0v) is 23.3. The summed E-state index contributed by atoms with van der Waals surface area (Å²) in [7, 11) is 2.06. The van der Waals surface area contributed by atoms with Crippen LogP contribution in [0.25, 0.3) is 0 Å². The molecule has 0 bridgehead atoms. The van der Waals surface area contributed by atoms with Gasteiger partial charge in [-0.3, -0.25) is 19.2 Å². The van der Waals surface area contributed by atoms with E-state index in [1.807, 2.05) is 0 Å². The number of hydrogen-bond donors (Lipinski definition) is 2. The number of halogens is 3. The highest BCUT2D eigenvalue weighted by atomic mass is 19.4. The van der Waals surface area contributed by atoms with Gasteiger partial charge in [0.05, 0.1) is 13.5 Å². The van der Waals surface area contributed by atoms with Gasteiger partial charge >= 0.3 is 12.1 Å². The lowest BCUT2D eigenvalue weighted by molar-refractivity contribution is -0.147. The lowest BCUT2D eigenvalue weighted by atomic mass is 9.90. The highest BCUT2D eigenvalue weighted by molar-refractivity contribution is 5.96. The van der Waals surface area contributed by atoms with Crippen molar-refractivity contribution >= 4 is 29.6 Å². The number of carboxylic acids is 1. The van der Waals surface area contributed by atoms with Gasteiger partial charge in [0.25, 0.3) is 11.8 Å². The SMILES string of the molecule is CO/C(=N\C(C)(Cc1ccccc1)C(=O)N(C)[C@H](C(=O)N[C@@H](CC(=O)O)C(=O)N1CCCC1)C(C)C)C(F)(F)F. The molecule has 13 heteroatoms. The molecule has 2 N–H and O–H groups in total. The van der Waals surface area contributed by atoms with Crippen LogP contribution in [0.3, 0.4) is 0 Å². The quantitative estimate of drug-likeness (QED) is 0.311. The van der Waals surface area contributed by atoms with Crippen LogP contribution >= 0.6 is 0 Å². The van der Waals surface area contributed by atoms with Crippen molar-refractivity contribution in [3.05, 3.63) is 35.9 Å². The molecule has 40 heavy (non-hydrogen) atoms. The van der Waals surface area contributed by atoms with Crippen molar-refractivity contribution in [1.29, 1.82) is 0 Å². The smallest absolute Gasteiger partial charge is 0.468 e. The number of nitrogens with one attached hydrogen (secondary N) is 1. The standard InChI is InChI=1S/C27H37F3N4O6/c1-17(2)21(22(37)31-19(15-20(35)36)23(38)34-13-9-10-14-34)33(4)25(39)26(3,16-18-11-7-6-8-12-18)32-24(40-5)27(28,29)30/h6-8,11-12,17,19,21H,9-10,13-16H2,1-5H3,(H,31,37)(H,35,36)/b32-24-/t19-,21-,26?/m0/s1. The number of likely N-dealkylation sites (N-methyl/N-ethyl adjacent to an activating group) is 1. The molecule has 222 valence electrons. The molecule has 0 saturated carbocycles. The first kappa shape index (κ1) is 32.6. The monoisotopic (exact) mass is 570 g/mol. The molecule has 2 rings (SSSR count). The topological polar surface area (TPSA) is 129 Å². The van der Waals surface area contributed by atoms with Crippen molar-refractivity contribution < 1.29 is 42.2 Å². The second-order valence-corrected chi connectivity index (χ2v) is 10.4. The van der Waals surface area contributed by atoms with Gasteiger partial charge in [0.2, 0.25) is 11.8 Å². The minimum Gasteiger partial charge on any atom is -0.481 e. The molecular weight excluding hydrogens is 533 g/mol. The number of aliphatic imine (C=N–C) groups is 1. The van der Waals surface area contributed by atoms with E-state index in [1.165, 1.54) is 18.9 Å². The van der Waals surface area contributed by atoms with Gasteiger partial charge in [-0.05, 0) is 31.2 Å². The number of methoxy groups -OCH3 is 1. The summed E-state index contributed by atoms with van der Waals surface area (Å²) in [4.78, 5) is 57.9. The van der Waals surface area contributed by atoms with E-state index in [-0.39, 0.29) is 6.42 Å². The lowest BCUT2D eigenvalue weighted by Gasteiger charge is -2.37. The Bertz CT molecular complexity index is 1090. The molecule has 10 nitrogen and oxygen atoms in total. The van der Waals surface area contributed by atoms with E-state index < -0.39 is 65.7 Å². The Morgan fingerprint density at radius 1 is 1.12 bits per heavy atom. The van der Waals surface area contributed by atoms with Crippen molar-refractivity contribution in [2.45, 2.75) is 70.3 Å². The molecule has 0 spiro atoms. The minimum absolute atomic E-state index is 0.235. The highest BCUT2D eigenvalue weighted by Crippen LogP contribution is 2.27. The summed E-state index contributed by atoms with van der Waals surface area (Å²) >= 11 is 0. The van der Waals surface area contributed by atoms with E-state index in [9.17, 15) is 37.5 Å². The van der Waals surface area contributed by atoms with Crippen LogP contribution in [-0.4, -0.2) is 95.5 Å². The Morgan fingerprint density at radius 3 is 2.17 bits per heavy atom. The molecule has 0 aliphatic carbocycles. The van der Waals surface area contributed by atoms with Crippen molar-refractivity contribution in [3.63, 3.8) is 0 Å². The molecule has 1 aromatic rings. The Hall–Kier alpha value is -3.64. The molecule has 1 aromatic carbocycles. The average Bonchev–Trinajstić information content (AvgIpc) is 3.40. The average molecular weight is 571 g/mol. The minimum atomic E-state index is -4.97. The summed E-state index contributed by atoms with van der Waals surface area (Å²) in [5, 5.41) is 11.8. The fourth-order valence-corrected chi connectivity index (χ4v) is 4.83. The number of benzene rings is 1. The fraction of sp³-hybridized carbons (Fsp3) is 0.593. The first-order valence-corrected chi connectivity index (χ1v) is 12.9. The molecule has 1 heterocycles. The van der Waals surface area contributed by atoms with E-state index in [0.717, 1.165) is 24.9 Å². The van der Waals surface area contributed by atoms with E-state index in [2.05, 4.69) is 15.0 Å². The van der Waals surface area contributed by atoms with Gasteiger partial charge in [-0.15, -0.1) is 0 Å². The number of likely N-dealkylation sites (tertiary alicyclic amines) is 1. The van der Waals surface area contributed by atoms with E-state index in [4.69, 9.17) is 0 Å². The summed E-state index contributed by atoms with van der Waals surface area (Å²) in [6.07, 6.45) is -4.36. The third-order valence-electron chi connectivity index (χ3n) is 6.68. The number of hydrogen-bond acceptors (Lipinski definition) is 6. The predicted octanol–water partition coefficient (Wildman–Crippen LogP) is 2.66. The Morgan fingerprint density at radius 2 is 1.70 bits per heavy atom. The van der Waals surface area contributed by atoms with Crippen LogP contribution < -0.4 is 5.32 Å². The van der Waals surface area contributed by atoms with Crippen LogP contribution in [0.5, 0.6) is 0 Å². The Kier molecular flexibility index (Phi) is 11.1. The summed E-state index contributed by atoms with van der Waals surface area (Å²) in [5.41, 5.74) is -1.51. The largest absolute Gasteiger partial charge is 0.481 e. The van der Waals surface area contributed by atoms with E-state index in [0.29, 0.717) is 18.7 Å². The molecule has 3 atom stereocenters. The van der Waals surface area contributed by atoms with E-state index in [1.54, 1.807) is 44.2 Å². The first-order valence-electron chi connectivity index (χ1n) is 12.9. The maximum atomic E-state index is 13.9. The Balaban J connectivity index is 2.44. The number of carboxylic acid groups (broad SMARTS) is 1. The molecule has 3 amide bonds. The number of amides is 3. The molecular formula is C27H37F3N4O6. The van der Waals surface area contributed by atoms with Gasteiger partial charge < -0.3 is 25.0 Å². The number of nitrogens with zero attached hydrogens (tertiary/aromatic N) is 3. The molecule has 1 aliphatic heterocycles. The normalized spacial score (nSPS) is 17.1.